The third-order valence-corrected chi connectivity index (χ3v) is 6.52. The molecule has 0 aliphatic rings. The minimum atomic E-state index is -0.267. The summed E-state index contributed by atoms with van der Waals surface area (Å²) in [5.41, 5.74) is 4.97. The van der Waals surface area contributed by atoms with E-state index < -0.39 is 0 Å². The number of amides is 1. The molecule has 7 heteroatoms. The average molecular weight is 441 g/mol. The molecule has 32 heavy (non-hydrogen) atoms. The number of carbonyl (C=O) groups is 1. The summed E-state index contributed by atoms with van der Waals surface area (Å²) in [5.74, 6) is -0.267. The van der Waals surface area contributed by atoms with E-state index >= 15 is 0 Å². The van der Waals surface area contributed by atoms with Crippen molar-refractivity contribution in [1.29, 1.82) is 0 Å². The number of nitrogens with zero attached hydrogens (tertiary/aromatic N) is 3. The maximum atomic E-state index is 13.1. The number of pyridine rings is 1. The van der Waals surface area contributed by atoms with Gasteiger partial charge in [0.05, 0.1) is 17.5 Å². The molecule has 0 aliphatic heterocycles. The van der Waals surface area contributed by atoms with E-state index in [9.17, 15) is 9.59 Å². The number of carbonyl (C=O) groups excluding carboxylic acids is 1. The second kappa shape index (κ2) is 8.01. The van der Waals surface area contributed by atoms with Crippen molar-refractivity contribution in [3.8, 4) is 11.3 Å². The number of hydrogen-bond acceptors (Lipinski definition) is 5. The highest BCUT2D eigenvalue weighted by Gasteiger charge is 2.15. The molecule has 0 spiro atoms. The van der Waals surface area contributed by atoms with Crippen LogP contribution in [-0.2, 0) is 11.3 Å². The van der Waals surface area contributed by atoms with Gasteiger partial charge in [0.1, 0.15) is 16.1 Å². The fourth-order valence-corrected chi connectivity index (χ4v) is 4.85. The first-order valence-corrected chi connectivity index (χ1v) is 11.0. The molecule has 5 rings (SSSR count). The molecule has 0 saturated carbocycles. The van der Waals surface area contributed by atoms with Crippen LogP contribution in [0.25, 0.3) is 31.7 Å². The molecule has 6 nitrogen and oxygen atoms in total. The number of hydrogen-bond donors (Lipinski definition) is 1. The molecule has 0 fully saturated rings. The SMILES string of the molecule is Cc1cccc(C)c1NC(=O)Cn1cnc2c(sc3nc(-c4ccccc4)ccc32)c1=O. The highest BCUT2D eigenvalue weighted by molar-refractivity contribution is 7.25. The summed E-state index contributed by atoms with van der Waals surface area (Å²) in [6.07, 6.45) is 1.44. The van der Waals surface area contributed by atoms with Gasteiger partial charge in [-0.3, -0.25) is 14.2 Å². The predicted octanol–water partition coefficient (Wildman–Crippen LogP) is 4.93. The zero-order valence-electron chi connectivity index (χ0n) is 17.6. The number of thiophene rings is 1. The van der Waals surface area contributed by atoms with Gasteiger partial charge in [-0.2, -0.15) is 0 Å². The topological polar surface area (TPSA) is 76.9 Å². The summed E-state index contributed by atoms with van der Waals surface area (Å²) in [6.45, 7) is 3.78. The molecule has 5 aromatic rings. The van der Waals surface area contributed by atoms with Crippen LogP contribution in [0.5, 0.6) is 0 Å². The zero-order valence-corrected chi connectivity index (χ0v) is 18.4. The standard InChI is InChI=1S/C25H20N4O2S/c1-15-7-6-8-16(2)21(15)28-20(30)13-29-14-26-22-18-11-12-19(17-9-4-3-5-10-17)27-24(18)32-23(22)25(29)31/h3-12,14H,13H2,1-2H3,(H,28,30). The average Bonchev–Trinajstić information content (AvgIpc) is 3.17. The Labute approximate surface area is 188 Å². The fourth-order valence-electron chi connectivity index (χ4n) is 3.78. The lowest BCUT2D eigenvalue weighted by molar-refractivity contribution is -0.116. The van der Waals surface area contributed by atoms with Crippen molar-refractivity contribution in [1.82, 2.24) is 14.5 Å². The van der Waals surface area contributed by atoms with Crippen LogP contribution in [0.3, 0.4) is 0 Å². The number of aromatic nitrogens is 3. The van der Waals surface area contributed by atoms with E-state index in [4.69, 9.17) is 4.98 Å². The molecule has 2 aromatic carbocycles. The Morgan fingerprint density at radius 2 is 1.75 bits per heavy atom. The molecule has 0 radical (unpaired) electrons. The Hall–Kier alpha value is -3.84. The maximum absolute atomic E-state index is 13.1. The van der Waals surface area contributed by atoms with Gasteiger partial charge in [-0.1, -0.05) is 48.5 Å². The van der Waals surface area contributed by atoms with Gasteiger partial charge in [0.15, 0.2) is 0 Å². The predicted molar refractivity (Wildman–Crippen MR) is 129 cm³/mol. The molecule has 158 valence electrons. The van der Waals surface area contributed by atoms with Gasteiger partial charge >= 0.3 is 0 Å². The number of aryl methyl sites for hydroxylation is 2. The Balaban J connectivity index is 1.48. The van der Waals surface area contributed by atoms with E-state index in [-0.39, 0.29) is 18.0 Å². The van der Waals surface area contributed by atoms with Crippen LogP contribution in [0, 0.1) is 13.8 Å². The summed E-state index contributed by atoms with van der Waals surface area (Å²) in [7, 11) is 0. The molecule has 0 bridgehead atoms. The van der Waals surface area contributed by atoms with E-state index in [2.05, 4.69) is 10.3 Å². The second-order valence-electron chi connectivity index (χ2n) is 7.69. The number of rotatable bonds is 4. The Morgan fingerprint density at radius 3 is 2.50 bits per heavy atom. The molecule has 0 saturated heterocycles. The Morgan fingerprint density at radius 1 is 1.00 bits per heavy atom. The zero-order chi connectivity index (χ0) is 22.2. The van der Waals surface area contributed by atoms with E-state index in [0.717, 1.165) is 38.3 Å². The van der Waals surface area contributed by atoms with Crippen LogP contribution >= 0.6 is 11.3 Å². The van der Waals surface area contributed by atoms with Crippen LogP contribution in [-0.4, -0.2) is 20.4 Å². The van der Waals surface area contributed by atoms with Gasteiger partial charge in [0.25, 0.3) is 5.56 Å². The lowest BCUT2D eigenvalue weighted by atomic mass is 10.1. The van der Waals surface area contributed by atoms with Crippen molar-refractivity contribution < 1.29 is 4.79 Å². The number of fused-ring (bicyclic) bond motifs is 3. The number of benzene rings is 2. The van der Waals surface area contributed by atoms with Gasteiger partial charge in [0.2, 0.25) is 5.91 Å². The molecule has 1 amide bonds. The molecule has 3 aromatic heterocycles. The summed E-state index contributed by atoms with van der Waals surface area (Å²) in [5, 5.41) is 3.76. The van der Waals surface area contributed by atoms with Crippen molar-refractivity contribution in [3.63, 3.8) is 0 Å². The summed E-state index contributed by atoms with van der Waals surface area (Å²) < 4.78 is 1.85. The molecule has 0 unspecified atom stereocenters. The quantitative estimate of drug-likeness (QED) is 0.430. The minimum absolute atomic E-state index is 0.105. The van der Waals surface area contributed by atoms with Gasteiger partial charge in [0, 0.05) is 16.6 Å². The maximum Gasteiger partial charge on any atom is 0.271 e. The van der Waals surface area contributed by atoms with Crippen molar-refractivity contribution in [2.45, 2.75) is 20.4 Å². The van der Waals surface area contributed by atoms with E-state index in [1.54, 1.807) is 0 Å². The summed E-state index contributed by atoms with van der Waals surface area (Å²) in [6, 6.07) is 19.6. The van der Waals surface area contributed by atoms with Crippen molar-refractivity contribution in [2.24, 2.45) is 0 Å². The van der Waals surface area contributed by atoms with Crippen LogP contribution in [0.2, 0.25) is 0 Å². The Kier molecular flexibility index (Phi) is 5.03. The third-order valence-electron chi connectivity index (χ3n) is 5.44. The first-order valence-electron chi connectivity index (χ1n) is 10.2. The van der Waals surface area contributed by atoms with Crippen LogP contribution in [0.1, 0.15) is 11.1 Å². The monoisotopic (exact) mass is 440 g/mol. The molecule has 0 atom stereocenters. The van der Waals surface area contributed by atoms with Crippen LogP contribution in [0.15, 0.2) is 71.8 Å². The van der Waals surface area contributed by atoms with Gasteiger partial charge < -0.3 is 5.32 Å². The lowest BCUT2D eigenvalue weighted by Crippen LogP contribution is -2.27. The van der Waals surface area contributed by atoms with Crippen molar-refractivity contribution >= 4 is 43.4 Å². The number of anilines is 1. The van der Waals surface area contributed by atoms with E-state index in [0.29, 0.717) is 10.2 Å². The van der Waals surface area contributed by atoms with Crippen molar-refractivity contribution in [2.75, 3.05) is 5.32 Å². The summed E-state index contributed by atoms with van der Waals surface area (Å²) in [4.78, 5) is 35.7. The second-order valence-corrected chi connectivity index (χ2v) is 8.69. The number of nitrogens with one attached hydrogen (secondary N) is 1. The van der Waals surface area contributed by atoms with E-state index in [1.165, 1.54) is 22.2 Å². The van der Waals surface area contributed by atoms with Crippen molar-refractivity contribution in [3.05, 3.63) is 88.5 Å². The molecular weight excluding hydrogens is 420 g/mol. The highest BCUT2D eigenvalue weighted by atomic mass is 32.1. The van der Waals surface area contributed by atoms with Gasteiger partial charge in [-0.05, 0) is 37.1 Å². The van der Waals surface area contributed by atoms with Crippen LogP contribution < -0.4 is 10.9 Å². The highest BCUT2D eigenvalue weighted by Crippen LogP contribution is 2.31. The van der Waals surface area contributed by atoms with Gasteiger partial charge in [-0.15, -0.1) is 11.3 Å². The van der Waals surface area contributed by atoms with Crippen LogP contribution in [0.4, 0.5) is 5.69 Å². The Bertz CT molecular complexity index is 1520. The largest absolute Gasteiger partial charge is 0.324 e. The summed E-state index contributed by atoms with van der Waals surface area (Å²) >= 11 is 1.31. The smallest absolute Gasteiger partial charge is 0.271 e. The minimum Gasteiger partial charge on any atom is -0.324 e. The molecule has 1 N–H and O–H groups in total. The molecular formula is C25H20N4O2S. The van der Waals surface area contributed by atoms with Gasteiger partial charge in [-0.25, -0.2) is 9.97 Å². The normalized spacial score (nSPS) is 11.2. The lowest BCUT2D eigenvalue weighted by Gasteiger charge is -2.12. The fraction of sp³-hybridized carbons (Fsp3) is 0.120. The first-order chi connectivity index (χ1) is 15.5. The van der Waals surface area contributed by atoms with E-state index in [1.807, 2.05) is 74.5 Å². The first kappa shape index (κ1) is 20.1. The third kappa shape index (κ3) is 3.56. The molecule has 3 heterocycles. The molecule has 0 aliphatic carbocycles. The number of para-hydroxylation sites is 1.